The molecule has 1 aromatic carbocycles. The average Bonchev–Trinajstić information content (AvgIpc) is 3.27. The van der Waals surface area contributed by atoms with Crippen LogP contribution in [0.25, 0.3) is 11.6 Å². The van der Waals surface area contributed by atoms with Crippen molar-refractivity contribution < 1.29 is 19.4 Å². The summed E-state index contributed by atoms with van der Waals surface area (Å²) in [6, 6.07) is 5.68. The number of nitrogens with one attached hydrogen (secondary N) is 2. The number of β-amino-alcohol motifs (C(OH)–C–C–N with tert-alkyl or cyclic N) is 1. The van der Waals surface area contributed by atoms with Gasteiger partial charge in [0, 0.05) is 66.3 Å². The molecule has 3 aliphatic heterocycles. The number of aromatic amines is 1. The van der Waals surface area contributed by atoms with Crippen LogP contribution in [0.3, 0.4) is 0 Å². The fourth-order valence-electron chi connectivity index (χ4n) is 4.82. The third-order valence-corrected chi connectivity index (χ3v) is 7.05. The van der Waals surface area contributed by atoms with Gasteiger partial charge >= 0.3 is 0 Å². The SMILES string of the molecule is Cc1c(C=C2C(=O)Nc3ccc(Br)cc32)[nH]c2c1C(=O)N(C[C@@H](O)CN1CCOCC1)CC2. The number of hydrogen-bond acceptors (Lipinski definition) is 5. The molecule has 0 aliphatic carbocycles. The second kappa shape index (κ2) is 9.06. The molecule has 3 N–H and O–H groups in total. The third-order valence-electron chi connectivity index (χ3n) is 6.56. The molecular weight excluding hydrogens is 488 g/mol. The second-order valence-electron chi connectivity index (χ2n) is 8.79. The zero-order valence-electron chi connectivity index (χ0n) is 18.5. The number of aliphatic hydroxyl groups excluding tert-OH is 1. The molecule has 174 valence electrons. The van der Waals surface area contributed by atoms with Crippen LogP contribution in [0.5, 0.6) is 0 Å². The summed E-state index contributed by atoms with van der Waals surface area (Å²) in [5, 5.41) is 13.5. The van der Waals surface area contributed by atoms with Gasteiger partial charge in [0.25, 0.3) is 11.8 Å². The highest BCUT2D eigenvalue weighted by Crippen LogP contribution is 2.36. The lowest BCUT2D eigenvalue weighted by molar-refractivity contribution is -0.110. The summed E-state index contributed by atoms with van der Waals surface area (Å²) in [4.78, 5) is 33.1. The number of H-pyrrole nitrogens is 1. The first kappa shape index (κ1) is 22.3. The molecule has 1 saturated heterocycles. The zero-order valence-corrected chi connectivity index (χ0v) is 20.1. The standard InChI is InChI=1S/C24H27BrN4O4/c1-14-21(11-18-17-10-15(25)2-3-19(17)27-23(18)31)26-20-4-5-29(24(32)22(14)20)13-16(30)12-28-6-8-33-9-7-28/h2-3,10-11,16,26,30H,4-9,12-13H2,1H3,(H,27,31)/t16-/m0/s1. The molecule has 1 aromatic heterocycles. The molecular formula is C24H27BrN4O4. The molecule has 4 heterocycles. The Morgan fingerprint density at radius 3 is 2.79 bits per heavy atom. The van der Waals surface area contributed by atoms with E-state index in [1.54, 1.807) is 4.90 Å². The van der Waals surface area contributed by atoms with Crippen LogP contribution in [0.4, 0.5) is 5.69 Å². The number of aromatic nitrogens is 1. The average molecular weight is 515 g/mol. The van der Waals surface area contributed by atoms with Crippen LogP contribution in [0.2, 0.25) is 0 Å². The van der Waals surface area contributed by atoms with Crippen molar-refractivity contribution in [3.8, 4) is 0 Å². The molecule has 2 amide bonds. The Morgan fingerprint density at radius 2 is 2.00 bits per heavy atom. The molecule has 2 aromatic rings. The predicted octanol–water partition coefficient (Wildman–Crippen LogP) is 2.27. The number of benzene rings is 1. The summed E-state index contributed by atoms with van der Waals surface area (Å²) < 4.78 is 6.25. The van der Waals surface area contributed by atoms with Gasteiger partial charge in [0.15, 0.2) is 0 Å². The van der Waals surface area contributed by atoms with E-state index in [0.717, 1.165) is 45.8 Å². The van der Waals surface area contributed by atoms with Crippen molar-refractivity contribution in [2.75, 3.05) is 51.3 Å². The molecule has 0 spiro atoms. The number of halogens is 1. The quantitative estimate of drug-likeness (QED) is 0.531. The fourth-order valence-corrected chi connectivity index (χ4v) is 5.18. The van der Waals surface area contributed by atoms with Crippen molar-refractivity contribution in [1.82, 2.24) is 14.8 Å². The van der Waals surface area contributed by atoms with E-state index in [9.17, 15) is 14.7 Å². The van der Waals surface area contributed by atoms with Gasteiger partial charge in [0.1, 0.15) is 0 Å². The molecule has 5 rings (SSSR count). The van der Waals surface area contributed by atoms with Gasteiger partial charge in [-0.15, -0.1) is 0 Å². The van der Waals surface area contributed by atoms with Gasteiger partial charge in [-0.2, -0.15) is 0 Å². The molecule has 8 nitrogen and oxygen atoms in total. The number of amides is 2. The van der Waals surface area contributed by atoms with E-state index in [1.165, 1.54) is 0 Å². The second-order valence-corrected chi connectivity index (χ2v) is 9.70. The Balaban J connectivity index is 1.35. The Morgan fingerprint density at radius 1 is 1.21 bits per heavy atom. The van der Waals surface area contributed by atoms with Crippen molar-refractivity contribution >= 4 is 45.1 Å². The highest BCUT2D eigenvalue weighted by Gasteiger charge is 2.31. The Kier molecular flexibility index (Phi) is 6.13. The van der Waals surface area contributed by atoms with Crippen LogP contribution >= 0.6 is 15.9 Å². The first-order valence-electron chi connectivity index (χ1n) is 11.2. The topological polar surface area (TPSA) is 97.9 Å². The van der Waals surface area contributed by atoms with Crippen molar-refractivity contribution in [2.45, 2.75) is 19.4 Å². The number of carbonyl (C=O) groups excluding carboxylic acids is 2. The number of carbonyl (C=O) groups is 2. The van der Waals surface area contributed by atoms with Crippen LogP contribution in [0.15, 0.2) is 22.7 Å². The Labute approximate surface area is 200 Å². The van der Waals surface area contributed by atoms with E-state index >= 15 is 0 Å². The lowest BCUT2D eigenvalue weighted by Gasteiger charge is -2.32. The van der Waals surface area contributed by atoms with E-state index in [0.29, 0.717) is 50.4 Å². The number of ether oxygens (including phenoxy) is 1. The van der Waals surface area contributed by atoms with Gasteiger partial charge in [-0.25, -0.2) is 0 Å². The largest absolute Gasteiger partial charge is 0.390 e. The van der Waals surface area contributed by atoms with E-state index in [1.807, 2.05) is 31.2 Å². The van der Waals surface area contributed by atoms with Gasteiger partial charge in [0.05, 0.1) is 30.5 Å². The molecule has 9 heteroatoms. The maximum atomic E-state index is 13.3. The third kappa shape index (κ3) is 4.38. The van der Waals surface area contributed by atoms with E-state index in [2.05, 4.69) is 31.1 Å². The van der Waals surface area contributed by atoms with E-state index in [4.69, 9.17) is 4.74 Å². The fraction of sp³-hybridized carbons (Fsp3) is 0.417. The number of fused-ring (bicyclic) bond motifs is 2. The molecule has 3 aliphatic rings. The van der Waals surface area contributed by atoms with Gasteiger partial charge in [-0.3, -0.25) is 14.5 Å². The summed E-state index contributed by atoms with van der Waals surface area (Å²) in [6.07, 6.45) is 1.90. The summed E-state index contributed by atoms with van der Waals surface area (Å²) in [5.41, 5.74) is 5.31. The molecule has 33 heavy (non-hydrogen) atoms. The van der Waals surface area contributed by atoms with Gasteiger partial charge in [-0.05, 0) is 36.8 Å². The van der Waals surface area contributed by atoms with Crippen LogP contribution < -0.4 is 5.32 Å². The maximum Gasteiger partial charge on any atom is 0.256 e. The van der Waals surface area contributed by atoms with Crippen LogP contribution in [0, 0.1) is 6.92 Å². The molecule has 1 fully saturated rings. The first-order chi connectivity index (χ1) is 15.9. The summed E-state index contributed by atoms with van der Waals surface area (Å²) in [7, 11) is 0. The number of morpholine rings is 1. The monoisotopic (exact) mass is 514 g/mol. The van der Waals surface area contributed by atoms with Gasteiger partial charge in [0.2, 0.25) is 0 Å². The van der Waals surface area contributed by atoms with Gasteiger partial charge in [-0.1, -0.05) is 15.9 Å². The first-order valence-corrected chi connectivity index (χ1v) is 12.0. The van der Waals surface area contributed by atoms with Gasteiger partial charge < -0.3 is 25.0 Å². The lowest BCUT2D eigenvalue weighted by Crippen LogP contribution is -2.47. The summed E-state index contributed by atoms with van der Waals surface area (Å²) in [5.74, 6) is -0.232. The number of aliphatic hydroxyl groups is 1. The normalized spacial score (nSPS) is 20.7. The van der Waals surface area contributed by atoms with Crippen molar-refractivity contribution in [3.05, 3.63) is 50.8 Å². The molecule has 0 bridgehead atoms. The van der Waals surface area contributed by atoms with Crippen LogP contribution in [-0.2, 0) is 16.0 Å². The van der Waals surface area contributed by atoms with Crippen LogP contribution in [0.1, 0.15) is 32.9 Å². The highest BCUT2D eigenvalue weighted by atomic mass is 79.9. The molecule has 0 radical (unpaired) electrons. The van der Waals surface area contributed by atoms with Crippen LogP contribution in [-0.4, -0.2) is 83.7 Å². The molecule has 0 unspecified atom stereocenters. The van der Waals surface area contributed by atoms with Crippen molar-refractivity contribution in [2.24, 2.45) is 0 Å². The smallest absolute Gasteiger partial charge is 0.256 e. The lowest BCUT2D eigenvalue weighted by atomic mass is 10.0. The Bertz CT molecular complexity index is 1140. The van der Waals surface area contributed by atoms with E-state index < -0.39 is 6.10 Å². The number of nitrogens with zero attached hydrogens (tertiary/aromatic N) is 2. The van der Waals surface area contributed by atoms with E-state index in [-0.39, 0.29) is 11.8 Å². The number of rotatable bonds is 5. The minimum atomic E-state index is -0.605. The minimum absolute atomic E-state index is 0.0744. The molecule has 0 saturated carbocycles. The van der Waals surface area contributed by atoms with Crippen molar-refractivity contribution in [1.29, 1.82) is 0 Å². The van der Waals surface area contributed by atoms with Crippen molar-refractivity contribution in [3.63, 3.8) is 0 Å². The zero-order chi connectivity index (χ0) is 23.1. The highest BCUT2D eigenvalue weighted by molar-refractivity contribution is 9.10. The molecule has 1 atom stereocenters. The maximum absolute atomic E-state index is 13.3. The Hall–Kier alpha value is -2.46. The number of anilines is 1. The number of hydrogen-bond donors (Lipinski definition) is 3. The summed E-state index contributed by atoms with van der Waals surface area (Å²) in [6.45, 7) is 6.26. The minimum Gasteiger partial charge on any atom is -0.390 e. The summed E-state index contributed by atoms with van der Waals surface area (Å²) >= 11 is 3.47. The predicted molar refractivity (Wildman–Crippen MR) is 129 cm³/mol.